The minimum atomic E-state index is -0.515. The van der Waals surface area contributed by atoms with E-state index in [4.69, 9.17) is 5.11 Å². The molecule has 0 heterocycles. The predicted octanol–water partition coefficient (Wildman–Crippen LogP) is 2.36. The lowest BCUT2D eigenvalue weighted by atomic mass is 10.0. The van der Waals surface area contributed by atoms with Crippen LogP contribution < -0.4 is 5.32 Å². The molecule has 0 radical (unpaired) electrons. The molecule has 3 N–H and O–H groups in total. The van der Waals surface area contributed by atoms with Crippen molar-refractivity contribution in [2.75, 3.05) is 19.7 Å². The van der Waals surface area contributed by atoms with Gasteiger partial charge in [-0.1, -0.05) is 54.6 Å². The zero-order chi connectivity index (χ0) is 14.2. The number of nitrogens with one attached hydrogen (secondary N) is 1. The summed E-state index contributed by atoms with van der Waals surface area (Å²) < 4.78 is 0. The molecule has 106 valence electrons. The van der Waals surface area contributed by atoms with E-state index in [0.717, 1.165) is 17.7 Å². The summed E-state index contributed by atoms with van der Waals surface area (Å²) in [4.78, 5) is 0. The maximum Gasteiger partial charge on any atom is 0.0914 e. The van der Waals surface area contributed by atoms with E-state index in [1.165, 1.54) is 5.56 Å². The summed E-state index contributed by atoms with van der Waals surface area (Å²) in [7, 11) is 0. The summed E-state index contributed by atoms with van der Waals surface area (Å²) in [5, 5.41) is 21.9. The molecular weight excluding hydrogens is 250 g/mol. The third-order valence-electron chi connectivity index (χ3n) is 3.25. The number of benzene rings is 2. The van der Waals surface area contributed by atoms with Crippen LogP contribution in [0.15, 0.2) is 54.6 Å². The average molecular weight is 271 g/mol. The third kappa shape index (κ3) is 4.17. The van der Waals surface area contributed by atoms with Gasteiger partial charge in [-0.15, -0.1) is 0 Å². The van der Waals surface area contributed by atoms with E-state index < -0.39 is 6.10 Å². The first-order valence-electron chi connectivity index (χ1n) is 6.96. The van der Waals surface area contributed by atoms with Gasteiger partial charge < -0.3 is 15.5 Å². The van der Waals surface area contributed by atoms with Gasteiger partial charge in [-0.05, 0) is 29.7 Å². The smallest absolute Gasteiger partial charge is 0.0914 e. The lowest BCUT2D eigenvalue weighted by Crippen LogP contribution is -2.23. The quantitative estimate of drug-likeness (QED) is 0.678. The van der Waals surface area contributed by atoms with Crippen molar-refractivity contribution in [1.29, 1.82) is 0 Å². The summed E-state index contributed by atoms with van der Waals surface area (Å²) in [5.74, 6) is 0. The molecule has 0 aliphatic rings. The molecule has 0 spiro atoms. The maximum atomic E-state index is 10.1. The summed E-state index contributed by atoms with van der Waals surface area (Å²) in [6.07, 6.45) is 0.193. The van der Waals surface area contributed by atoms with E-state index in [2.05, 4.69) is 17.4 Å². The van der Waals surface area contributed by atoms with Crippen molar-refractivity contribution in [2.45, 2.75) is 12.5 Å². The fourth-order valence-corrected chi connectivity index (χ4v) is 2.09. The monoisotopic (exact) mass is 271 g/mol. The molecule has 2 aromatic carbocycles. The van der Waals surface area contributed by atoms with Crippen molar-refractivity contribution in [3.05, 3.63) is 60.2 Å². The molecule has 1 unspecified atom stereocenters. The van der Waals surface area contributed by atoms with Gasteiger partial charge in [0.2, 0.25) is 0 Å². The van der Waals surface area contributed by atoms with E-state index in [1.54, 1.807) is 0 Å². The summed E-state index contributed by atoms with van der Waals surface area (Å²) >= 11 is 0. The molecule has 2 rings (SSSR count). The van der Waals surface area contributed by atoms with Crippen molar-refractivity contribution in [3.63, 3.8) is 0 Å². The Morgan fingerprint density at radius 1 is 0.900 bits per heavy atom. The van der Waals surface area contributed by atoms with Crippen LogP contribution in [0.5, 0.6) is 0 Å². The Bertz CT molecular complexity index is 496. The number of hydrogen-bond acceptors (Lipinski definition) is 3. The molecular formula is C17H21NO2. The number of hydrogen-bond donors (Lipinski definition) is 3. The molecule has 0 aliphatic heterocycles. The van der Waals surface area contributed by atoms with E-state index in [1.807, 2.05) is 42.5 Å². The highest BCUT2D eigenvalue weighted by Crippen LogP contribution is 2.21. The topological polar surface area (TPSA) is 52.5 Å². The lowest BCUT2D eigenvalue weighted by Gasteiger charge is -2.12. The number of rotatable bonds is 7. The largest absolute Gasteiger partial charge is 0.396 e. The number of aliphatic hydroxyl groups excluding tert-OH is 2. The van der Waals surface area contributed by atoms with Crippen molar-refractivity contribution in [1.82, 2.24) is 5.32 Å². The molecule has 0 bridgehead atoms. The highest BCUT2D eigenvalue weighted by molar-refractivity contribution is 5.63. The van der Waals surface area contributed by atoms with Crippen LogP contribution in [-0.2, 0) is 0 Å². The SMILES string of the molecule is OCCCNCC(O)c1ccc(-c2ccccc2)cc1. The van der Waals surface area contributed by atoms with Crippen LogP contribution >= 0.6 is 0 Å². The Hall–Kier alpha value is -1.68. The van der Waals surface area contributed by atoms with Gasteiger partial charge in [0.15, 0.2) is 0 Å². The van der Waals surface area contributed by atoms with Crippen LogP contribution in [0.3, 0.4) is 0 Å². The van der Waals surface area contributed by atoms with Crippen LogP contribution in [0.2, 0.25) is 0 Å². The molecule has 0 saturated heterocycles. The third-order valence-corrected chi connectivity index (χ3v) is 3.25. The summed E-state index contributed by atoms with van der Waals surface area (Å²) in [6, 6.07) is 18.2. The first-order chi connectivity index (χ1) is 9.81. The van der Waals surface area contributed by atoms with E-state index in [0.29, 0.717) is 13.0 Å². The minimum absolute atomic E-state index is 0.175. The molecule has 2 aromatic rings. The van der Waals surface area contributed by atoms with Crippen molar-refractivity contribution < 1.29 is 10.2 Å². The van der Waals surface area contributed by atoms with Crippen molar-refractivity contribution in [2.24, 2.45) is 0 Å². The standard InChI is InChI=1S/C17H21NO2/c19-12-4-11-18-13-17(20)16-9-7-15(8-10-16)14-5-2-1-3-6-14/h1-3,5-10,17-20H,4,11-13H2. The van der Waals surface area contributed by atoms with Gasteiger partial charge in [-0.2, -0.15) is 0 Å². The normalized spacial score (nSPS) is 12.3. The van der Waals surface area contributed by atoms with Gasteiger partial charge in [0.25, 0.3) is 0 Å². The Morgan fingerprint density at radius 2 is 1.55 bits per heavy atom. The van der Waals surface area contributed by atoms with E-state index >= 15 is 0 Å². The Labute approximate surface area is 119 Å². The molecule has 3 heteroatoms. The van der Waals surface area contributed by atoms with Gasteiger partial charge in [0.1, 0.15) is 0 Å². The van der Waals surface area contributed by atoms with Crippen LogP contribution in [0, 0.1) is 0 Å². The zero-order valence-corrected chi connectivity index (χ0v) is 11.5. The Kier molecular flexibility index (Phi) is 5.74. The Morgan fingerprint density at radius 3 is 2.20 bits per heavy atom. The first-order valence-corrected chi connectivity index (χ1v) is 6.96. The van der Waals surface area contributed by atoms with Gasteiger partial charge in [-0.25, -0.2) is 0 Å². The molecule has 0 amide bonds. The van der Waals surface area contributed by atoms with E-state index in [9.17, 15) is 5.11 Å². The van der Waals surface area contributed by atoms with Crippen LogP contribution in [0.4, 0.5) is 0 Å². The predicted molar refractivity (Wildman–Crippen MR) is 81.4 cm³/mol. The minimum Gasteiger partial charge on any atom is -0.396 e. The van der Waals surface area contributed by atoms with Gasteiger partial charge in [0, 0.05) is 13.2 Å². The highest BCUT2D eigenvalue weighted by atomic mass is 16.3. The molecule has 0 aromatic heterocycles. The van der Waals surface area contributed by atoms with Gasteiger partial charge in [0.05, 0.1) is 6.10 Å². The van der Waals surface area contributed by atoms with Crippen molar-refractivity contribution in [3.8, 4) is 11.1 Å². The molecule has 0 saturated carbocycles. The van der Waals surface area contributed by atoms with Crippen molar-refractivity contribution >= 4 is 0 Å². The lowest BCUT2D eigenvalue weighted by molar-refractivity contribution is 0.173. The van der Waals surface area contributed by atoms with Crippen LogP contribution in [0.1, 0.15) is 18.1 Å². The fraction of sp³-hybridized carbons (Fsp3) is 0.294. The van der Waals surface area contributed by atoms with Gasteiger partial charge in [-0.3, -0.25) is 0 Å². The first kappa shape index (κ1) is 14.7. The zero-order valence-electron chi connectivity index (χ0n) is 11.5. The molecule has 3 nitrogen and oxygen atoms in total. The molecule has 1 atom stereocenters. The highest BCUT2D eigenvalue weighted by Gasteiger charge is 2.07. The maximum absolute atomic E-state index is 10.1. The van der Waals surface area contributed by atoms with Crippen LogP contribution in [-0.4, -0.2) is 29.9 Å². The second-order valence-corrected chi connectivity index (χ2v) is 4.79. The summed E-state index contributed by atoms with van der Waals surface area (Å²) in [5.41, 5.74) is 3.23. The summed E-state index contributed by atoms with van der Waals surface area (Å²) in [6.45, 7) is 1.40. The van der Waals surface area contributed by atoms with E-state index in [-0.39, 0.29) is 6.61 Å². The second-order valence-electron chi connectivity index (χ2n) is 4.79. The molecule has 0 fully saturated rings. The Balaban J connectivity index is 1.94. The second kappa shape index (κ2) is 7.80. The van der Waals surface area contributed by atoms with Gasteiger partial charge >= 0.3 is 0 Å². The average Bonchev–Trinajstić information content (AvgIpc) is 2.52. The molecule has 0 aliphatic carbocycles. The van der Waals surface area contributed by atoms with Crippen LogP contribution in [0.25, 0.3) is 11.1 Å². The number of aliphatic hydroxyl groups is 2. The fourth-order valence-electron chi connectivity index (χ4n) is 2.09. The molecule has 20 heavy (non-hydrogen) atoms.